The Morgan fingerprint density at radius 1 is 1.48 bits per heavy atom. The van der Waals surface area contributed by atoms with E-state index in [1.165, 1.54) is 10.6 Å². The maximum absolute atomic E-state index is 5.60. The number of nitrogens with zero attached hydrogens (tertiary/aromatic N) is 2. The van der Waals surface area contributed by atoms with E-state index in [0.717, 1.165) is 51.0 Å². The molecule has 0 aromatic carbocycles. The van der Waals surface area contributed by atoms with Crippen LogP contribution in [-0.2, 0) is 22.4 Å². The zero-order valence-corrected chi connectivity index (χ0v) is 14.4. The van der Waals surface area contributed by atoms with Gasteiger partial charge in [0.25, 0.3) is 0 Å². The fourth-order valence-electron chi connectivity index (χ4n) is 2.49. The van der Waals surface area contributed by atoms with Gasteiger partial charge in [-0.15, -0.1) is 11.3 Å². The van der Waals surface area contributed by atoms with Gasteiger partial charge in [-0.3, -0.25) is 0 Å². The fourth-order valence-corrected chi connectivity index (χ4v) is 3.80. The molecule has 0 atom stereocenters. The van der Waals surface area contributed by atoms with Crippen LogP contribution in [-0.4, -0.2) is 50.5 Å². The molecule has 0 amide bonds. The molecule has 0 aliphatic carbocycles. The minimum Gasteiger partial charge on any atom is -0.383 e. The van der Waals surface area contributed by atoms with Crippen LogP contribution >= 0.6 is 11.3 Å². The number of aromatic nitrogens is 1. The molecule has 0 radical (unpaired) electrons. The Kier molecular flexibility index (Phi) is 5.98. The lowest BCUT2D eigenvalue weighted by molar-refractivity contribution is 0.0643. The predicted octanol–water partition coefficient (Wildman–Crippen LogP) is 2.06. The molecule has 2 heterocycles. The molecule has 0 spiro atoms. The molecule has 5 nitrogen and oxygen atoms in total. The first-order valence-corrected chi connectivity index (χ1v) is 8.43. The molecule has 120 valence electrons. The van der Waals surface area contributed by atoms with E-state index in [1.54, 1.807) is 18.4 Å². The third-order valence-electron chi connectivity index (χ3n) is 3.75. The van der Waals surface area contributed by atoms with Crippen LogP contribution in [0.5, 0.6) is 0 Å². The summed E-state index contributed by atoms with van der Waals surface area (Å²) in [5, 5.41) is 4.54. The Balaban J connectivity index is 2.08. The molecule has 1 fully saturated rings. The van der Waals surface area contributed by atoms with Crippen molar-refractivity contribution in [2.45, 2.75) is 39.3 Å². The summed E-state index contributed by atoms with van der Waals surface area (Å²) in [4.78, 5) is 8.59. The largest absolute Gasteiger partial charge is 0.383 e. The summed E-state index contributed by atoms with van der Waals surface area (Å²) in [6, 6.07) is 0. The van der Waals surface area contributed by atoms with E-state index in [2.05, 4.69) is 31.0 Å². The number of nitrogens with one attached hydrogen (secondary N) is 1. The van der Waals surface area contributed by atoms with Gasteiger partial charge in [0.2, 0.25) is 0 Å². The second-order valence-electron chi connectivity index (χ2n) is 5.91. The van der Waals surface area contributed by atoms with Crippen molar-refractivity contribution in [1.82, 2.24) is 10.3 Å². The Morgan fingerprint density at radius 2 is 2.29 bits per heavy atom. The molecule has 6 heteroatoms. The predicted molar refractivity (Wildman–Crippen MR) is 87.3 cm³/mol. The van der Waals surface area contributed by atoms with Gasteiger partial charge < -0.3 is 19.7 Å². The summed E-state index contributed by atoms with van der Waals surface area (Å²) in [5.74, 6) is 0. The van der Waals surface area contributed by atoms with Gasteiger partial charge in [0, 0.05) is 31.6 Å². The van der Waals surface area contributed by atoms with Crippen LogP contribution < -0.4 is 10.2 Å². The van der Waals surface area contributed by atoms with Crippen molar-refractivity contribution in [2.75, 3.05) is 44.9 Å². The van der Waals surface area contributed by atoms with Gasteiger partial charge in [-0.2, -0.15) is 0 Å². The van der Waals surface area contributed by atoms with Crippen molar-refractivity contribution < 1.29 is 9.47 Å². The van der Waals surface area contributed by atoms with Crippen molar-refractivity contribution in [3.05, 3.63) is 10.6 Å². The van der Waals surface area contributed by atoms with Crippen molar-refractivity contribution in [2.24, 2.45) is 0 Å². The number of aryl methyl sites for hydroxylation is 1. The number of methoxy groups -OCH3 is 1. The van der Waals surface area contributed by atoms with Gasteiger partial charge in [0.15, 0.2) is 5.13 Å². The summed E-state index contributed by atoms with van der Waals surface area (Å²) >= 11 is 1.81. The summed E-state index contributed by atoms with van der Waals surface area (Å²) in [6.07, 6.45) is 0.975. The molecular formula is C15H27N3O2S. The van der Waals surface area contributed by atoms with Gasteiger partial charge in [0.1, 0.15) is 0 Å². The van der Waals surface area contributed by atoms with Crippen LogP contribution in [0.2, 0.25) is 0 Å². The number of morpholine rings is 1. The molecule has 1 aliphatic rings. The molecular weight excluding hydrogens is 286 g/mol. The highest BCUT2D eigenvalue weighted by Gasteiger charge is 2.32. The molecule has 1 aromatic heterocycles. The molecule has 1 N–H and O–H groups in total. The second-order valence-corrected chi connectivity index (χ2v) is 6.97. The number of hydrogen-bond acceptors (Lipinski definition) is 6. The zero-order valence-electron chi connectivity index (χ0n) is 13.6. The van der Waals surface area contributed by atoms with Crippen molar-refractivity contribution >= 4 is 16.5 Å². The maximum atomic E-state index is 5.60. The van der Waals surface area contributed by atoms with Crippen LogP contribution in [0, 0.1) is 0 Å². The van der Waals surface area contributed by atoms with E-state index in [4.69, 9.17) is 14.5 Å². The lowest BCUT2D eigenvalue weighted by Crippen LogP contribution is -2.53. The highest BCUT2D eigenvalue weighted by molar-refractivity contribution is 7.15. The highest BCUT2D eigenvalue weighted by Crippen LogP contribution is 2.32. The summed E-state index contributed by atoms with van der Waals surface area (Å²) in [5.41, 5.74) is 1.23. The number of thiazole rings is 1. The van der Waals surface area contributed by atoms with Gasteiger partial charge in [-0.1, -0.05) is 6.92 Å². The van der Waals surface area contributed by atoms with Gasteiger partial charge in [0.05, 0.1) is 31.1 Å². The van der Waals surface area contributed by atoms with Crippen LogP contribution in [0.4, 0.5) is 5.13 Å². The summed E-state index contributed by atoms with van der Waals surface area (Å²) in [7, 11) is 1.73. The van der Waals surface area contributed by atoms with Crippen LogP contribution in [0.25, 0.3) is 0 Å². The quantitative estimate of drug-likeness (QED) is 0.781. The van der Waals surface area contributed by atoms with E-state index >= 15 is 0 Å². The number of ether oxygens (including phenoxy) is 2. The SMILES string of the molecule is CCc1nc(N2CCOCC2(C)C)sc1CNCCOC. The van der Waals surface area contributed by atoms with E-state index in [1.807, 2.05) is 0 Å². The third-order valence-corrected chi connectivity index (χ3v) is 4.87. The highest BCUT2D eigenvalue weighted by atomic mass is 32.1. The molecule has 1 aliphatic heterocycles. The Hall–Kier alpha value is -0.690. The van der Waals surface area contributed by atoms with Crippen molar-refractivity contribution in [3.8, 4) is 0 Å². The molecule has 1 saturated heterocycles. The fraction of sp³-hybridized carbons (Fsp3) is 0.800. The topological polar surface area (TPSA) is 46.6 Å². The summed E-state index contributed by atoms with van der Waals surface area (Å²) < 4.78 is 10.7. The monoisotopic (exact) mass is 313 g/mol. The molecule has 0 saturated carbocycles. The van der Waals surface area contributed by atoms with E-state index < -0.39 is 0 Å². The molecule has 21 heavy (non-hydrogen) atoms. The number of anilines is 1. The van der Waals surface area contributed by atoms with Crippen molar-refractivity contribution in [3.63, 3.8) is 0 Å². The van der Waals surface area contributed by atoms with Gasteiger partial charge in [-0.25, -0.2) is 4.98 Å². The van der Waals surface area contributed by atoms with Crippen LogP contribution in [0.15, 0.2) is 0 Å². The molecule has 0 unspecified atom stereocenters. The minimum atomic E-state index is 0.0157. The third kappa shape index (κ3) is 4.16. The van der Waals surface area contributed by atoms with Crippen molar-refractivity contribution in [1.29, 1.82) is 0 Å². The molecule has 1 aromatic rings. The van der Waals surface area contributed by atoms with Crippen LogP contribution in [0.1, 0.15) is 31.3 Å². The first kappa shape index (κ1) is 16.7. The lowest BCUT2D eigenvalue weighted by Gasteiger charge is -2.42. The molecule has 0 bridgehead atoms. The van der Waals surface area contributed by atoms with E-state index in [9.17, 15) is 0 Å². The Bertz CT molecular complexity index is 448. The standard InChI is InChI=1S/C15H27N3O2S/c1-5-12-13(10-16-6-8-19-4)21-14(17-12)18-7-9-20-11-15(18,2)3/h16H,5-11H2,1-4H3. The second kappa shape index (κ2) is 7.54. The van der Waals surface area contributed by atoms with Gasteiger partial charge >= 0.3 is 0 Å². The average molecular weight is 313 g/mol. The smallest absolute Gasteiger partial charge is 0.186 e. The zero-order chi connectivity index (χ0) is 15.3. The first-order chi connectivity index (χ1) is 10.1. The van der Waals surface area contributed by atoms with E-state index in [-0.39, 0.29) is 5.54 Å². The lowest BCUT2D eigenvalue weighted by atomic mass is 10.0. The average Bonchev–Trinajstić information content (AvgIpc) is 2.86. The van der Waals surface area contributed by atoms with Gasteiger partial charge in [-0.05, 0) is 20.3 Å². The number of rotatable bonds is 7. The van der Waals surface area contributed by atoms with E-state index in [0.29, 0.717) is 0 Å². The Labute approximate surface area is 131 Å². The number of hydrogen-bond donors (Lipinski definition) is 1. The first-order valence-electron chi connectivity index (χ1n) is 7.62. The Morgan fingerprint density at radius 3 is 2.95 bits per heavy atom. The van der Waals surface area contributed by atoms with Crippen LogP contribution in [0.3, 0.4) is 0 Å². The maximum Gasteiger partial charge on any atom is 0.186 e. The summed E-state index contributed by atoms with van der Waals surface area (Å²) in [6.45, 7) is 11.5. The minimum absolute atomic E-state index is 0.0157. The molecule has 2 rings (SSSR count). The normalized spacial score (nSPS) is 18.2.